The molecule has 2 aliphatic heterocycles. The summed E-state index contributed by atoms with van der Waals surface area (Å²) in [6.07, 6.45) is 6.00. The maximum Gasteiger partial charge on any atom is 0.255 e. The number of rotatable bonds is 6. The van der Waals surface area contributed by atoms with E-state index >= 15 is 0 Å². The molecule has 1 aromatic heterocycles. The Labute approximate surface area is 232 Å². The number of hydrogen-bond acceptors (Lipinski definition) is 6. The molecule has 2 aliphatic rings. The van der Waals surface area contributed by atoms with Gasteiger partial charge >= 0.3 is 0 Å². The van der Waals surface area contributed by atoms with Crippen molar-refractivity contribution in [2.75, 3.05) is 31.5 Å². The summed E-state index contributed by atoms with van der Waals surface area (Å²) in [7, 11) is 0. The molecule has 38 heavy (non-hydrogen) atoms. The molecule has 2 saturated heterocycles. The number of carbonyl (C=O) groups is 2. The number of halogens is 2. The van der Waals surface area contributed by atoms with Crippen LogP contribution in [0.25, 0.3) is 11.4 Å². The van der Waals surface area contributed by atoms with Gasteiger partial charge in [-0.1, -0.05) is 53.3 Å². The van der Waals surface area contributed by atoms with Gasteiger partial charge in [0, 0.05) is 30.2 Å². The van der Waals surface area contributed by atoms with Crippen molar-refractivity contribution in [3.05, 3.63) is 64.0 Å². The molecule has 1 N–H and O–H groups in total. The number of nitrogens with one attached hydrogen (secondary N) is 1. The zero-order valence-electron chi connectivity index (χ0n) is 21.2. The number of hydrogen-bond donors (Lipinski definition) is 1. The van der Waals surface area contributed by atoms with Gasteiger partial charge in [0.15, 0.2) is 0 Å². The van der Waals surface area contributed by atoms with Crippen LogP contribution in [0.3, 0.4) is 0 Å². The molecule has 3 aromatic rings. The zero-order chi connectivity index (χ0) is 26.5. The number of benzene rings is 2. The molecule has 200 valence electrons. The van der Waals surface area contributed by atoms with Crippen LogP contribution in [-0.2, 0) is 11.3 Å². The largest absolute Gasteiger partial charge is 0.339 e. The summed E-state index contributed by atoms with van der Waals surface area (Å²) in [5.74, 6) is 0.559. The molecule has 0 bridgehead atoms. The van der Waals surface area contributed by atoms with Crippen molar-refractivity contribution in [1.82, 2.24) is 19.9 Å². The lowest BCUT2D eigenvalue weighted by molar-refractivity contribution is -0.121. The van der Waals surface area contributed by atoms with E-state index < -0.39 is 0 Å². The number of carbonyl (C=O) groups excluding carboxylic acids is 2. The van der Waals surface area contributed by atoms with E-state index in [1.807, 2.05) is 23.1 Å². The van der Waals surface area contributed by atoms with Crippen molar-refractivity contribution in [2.45, 2.75) is 45.1 Å². The number of likely N-dealkylation sites (tertiary alicyclic amines) is 2. The Morgan fingerprint density at radius 3 is 2.58 bits per heavy atom. The van der Waals surface area contributed by atoms with E-state index in [-0.39, 0.29) is 17.7 Å². The van der Waals surface area contributed by atoms with Crippen molar-refractivity contribution in [2.24, 2.45) is 5.92 Å². The lowest BCUT2D eigenvalue weighted by atomic mass is 9.96. The first kappa shape index (κ1) is 26.7. The molecule has 3 heterocycles. The van der Waals surface area contributed by atoms with Gasteiger partial charge in [0.05, 0.1) is 28.7 Å². The molecular weight excluding hydrogens is 525 g/mol. The molecule has 8 nitrogen and oxygen atoms in total. The SMILES string of the molecule is O=C(Nc1ccccc1C(=O)N1CCCCCC1)C1CCCN(Cc2nc(-c3ccc(Cl)cc3Cl)no2)C1. The van der Waals surface area contributed by atoms with Gasteiger partial charge in [-0.25, -0.2) is 0 Å². The van der Waals surface area contributed by atoms with E-state index in [1.165, 1.54) is 0 Å². The molecular formula is C28H31Cl2N5O3. The van der Waals surface area contributed by atoms with Crippen molar-refractivity contribution >= 4 is 40.7 Å². The third-order valence-electron chi connectivity index (χ3n) is 7.18. The van der Waals surface area contributed by atoms with E-state index in [4.69, 9.17) is 27.7 Å². The Kier molecular flexibility index (Phi) is 8.61. The second-order valence-corrected chi connectivity index (χ2v) is 10.8. The van der Waals surface area contributed by atoms with Crippen LogP contribution in [0.2, 0.25) is 10.0 Å². The smallest absolute Gasteiger partial charge is 0.255 e. The number of para-hydroxylation sites is 1. The number of nitrogens with zero attached hydrogens (tertiary/aromatic N) is 4. The topological polar surface area (TPSA) is 91.6 Å². The fourth-order valence-electron chi connectivity index (χ4n) is 5.16. The van der Waals surface area contributed by atoms with Crippen LogP contribution < -0.4 is 5.32 Å². The van der Waals surface area contributed by atoms with Crippen LogP contribution >= 0.6 is 23.2 Å². The fourth-order valence-corrected chi connectivity index (χ4v) is 5.65. The third-order valence-corrected chi connectivity index (χ3v) is 7.73. The minimum atomic E-state index is -0.210. The Hall–Kier alpha value is -2.94. The summed E-state index contributed by atoms with van der Waals surface area (Å²) >= 11 is 12.3. The first-order chi connectivity index (χ1) is 18.5. The van der Waals surface area contributed by atoms with Crippen molar-refractivity contribution < 1.29 is 14.1 Å². The summed E-state index contributed by atoms with van der Waals surface area (Å²) in [6.45, 7) is 3.35. The monoisotopic (exact) mass is 555 g/mol. The Balaban J connectivity index is 1.22. The highest BCUT2D eigenvalue weighted by atomic mass is 35.5. The van der Waals surface area contributed by atoms with Crippen LogP contribution in [0.1, 0.15) is 54.8 Å². The quantitative estimate of drug-likeness (QED) is 0.406. The maximum atomic E-state index is 13.3. The molecule has 10 heteroatoms. The highest BCUT2D eigenvalue weighted by molar-refractivity contribution is 6.36. The summed E-state index contributed by atoms with van der Waals surface area (Å²) in [5.41, 5.74) is 1.77. The van der Waals surface area contributed by atoms with Gasteiger partial charge in [-0.2, -0.15) is 4.98 Å². The van der Waals surface area contributed by atoms with Crippen LogP contribution in [0, 0.1) is 5.92 Å². The summed E-state index contributed by atoms with van der Waals surface area (Å²) in [6, 6.07) is 12.4. The highest BCUT2D eigenvalue weighted by Gasteiger charge is 2.28. The fraction of sp³-hybridized carbons (Fsp3) is 0.429. The average molecular weight is 556 g/mol. The van der Waals surface area contributed by atoms with Crippen LogP contribution in [0.4, 0.5) is 5.69 Å². The Morgan fingerprint density at radius 2 is 1.79 bits per heavy atom. The van der Waals surface area contributed by atoms with Gasteiger partial charge in [-0.3, -0.25) is 14.5 Å². The number of aromatic nitrogens is 2. The molecule has 0 saturated carbocycles. The van der Waals surface area contributed by atoms with E-state index in [9.17, 15) is 9.59 Å². The van der Waals surface area contributed by atoms with Gasteiger partial charge in [-0.05, 0) is 62.6 Å². The summed E-state index contributed by atoms with van der Waals surface area (Å²) in [4.78, 5) is 35.1. The Morgan fingerprint density at radius 1 is 1.00 bits per heavy atom. The van der Waals surface area contributed by atoms with Gasteiger partial charge in [0.2, 0.25) is 17.6 Å². The predicted octanol–water partition coefficient (Wildman–Crippen LogP) is 5.91. The highest BCUT2D eigenvalue weighted by Crippen LogP contribution is 2.29. The second kappa shape index (κ2) is 12.3. The molecule has 2 amide bonds. The van der Waals surface area contributed by atoms with E-state index in [0.717, 1.165) is 58.2 Å². The molecule has 1 unspecified atom stereocenters. The van der Waals surface area contributed by atoms with Crippen LogP contribution in [0.5, 0.6) is 0 Å². The number of amides is 2. The average Bonchev–Trinajstić information content (AvgIpc) is 3.19. The van der Waals surface area contributed by atoms with Crippen molar-refractivity contribution in [3.8, 4) is 11.4 Å². The van der Waals surface area contributed by atoms with E-state index in [0.29, 0.717) is 51.7 Å². The van der Waals surface area contributed by atoms with Crippen molar-refractivity contribution in [3.63, 3.8) is 0 Å². The van der Waals surface area contributed by atoms with Gasteiger partial charge in [0.1, 0.15) is 0 Å². The third kappa shape index (κ3) is 6.37. The summed E-state index contributed by atoms with van der Waals surface area (Å²) in [5, 5.41) is 8.10. The normalized spacial score (nSPS) is 18.7. The molecule has 5 rings (SSSR count). The predicted molar refractivity (Wildman–Crippen MR) is 147 cm³/mol. The Bertz CT molecular complexity index is 1290. The van der Waals surface area contributed by atoms with Gasteiger partial charge < -0.3 is 14.7 Å². The minimum absolute atomic E-state index is 0.0129. The number of piperidine rings is 1. The number of anilines is 1. The second-order valence-electron chi connectivity index (χ2n) is 9.95. The lowest BCUT2D eigenvalue weighted by Crippen LogP contribution is -2.40. The van der Waals surface area contributed by atoms with E-state index in [2.05, 4.69) is 20.4 Å². The maximum absolute atomic E-state index is 13.3. The first-order valence-corrected chi connectivity index (χ1v) is 13.9. The van der Waals surface area contributed by atoms with E-state index in [1.54, 1.807) is 24.3 Å². The molecule has 1 atom stereocenters. The minimum Gasteiger partial charge on any atom is -0.339 e. The molecule has 0 spiro atoms. The summed E-state index contributed by atoms with van der Waals surface area (Å²) < 4.78 is 5.47. The van der Waals surface area contributed by atoms with Crippen LogP contribution in [-0.4, -0.2) is 57.9 Å². The van der Waals surface area contributed by atoms with Gasteiger partial charge in [0.25, 0.3) is 5.91 Å². The first-order valence-electron chi connectivity index (χ1n) is 13.2. The molecule has 2 fully saturated rings. The van der Waals surface area contributed by atoms with Crippen molar-refractivity contribution in [1.29, 1.82) is 0 Å². The lowest BCUT2D eigenvalue weighted by Gasteiger charge is -2.31. The standard InChI is InChI=1S/C28H31Cl2N5O3/c29-20-11-12-21(23(30)16-20)26-32-25(38-33-26)18-34-13-7-8-19(17-34)27(36)31-24-10-4-3-9-22(24)28(37)35-14-5-1-2-6-15-35/h3-4,9-12,16,19H,1-2,5-8,13-15,17-18H2,(H,31,36). The van der Waals surface area contributed by atoms with Crippen LogP contribution in [0.15, 0.2) is 47.0 Å². The molecule has 0 aliphatic carbocycles. The van der Waals surface area contributed by atoms with Gasteiger partial charge in [-0.15, -0.1) is 0 Å². The molecule has 2 aromatic carbocycles. The zero-order valence-corrected chi connectivity index (χ0v) is 22.7. The molecule has 0 radical (unpaired) electrons.